The second-order valence-electron chi connectivity index (χ2n) is 5.73. The predicted molar refractivity (Wildman–Crippen MR) is 88.8 cm³/mol. The van der Waals surface area contributed by atoms with E-state index in [9.17, 15) is 5.11 Å². The molecule has 6 nitrogen and oxygen atoms in total. The van der Waals surface area contributed by atoms with Gasteiger partial charge in [0.1, 0.15) is 0 Å². The second-order valence-corrected chi connectivity index (χ2v) is 5.73. The Morgan fingerprint density at radius 2 is 1.74 bits per heavy atom. The molecule has 1 heterocycles. The number of hydrogen-bond donors (Lipinski definition) is 1. The number of benzene rings is 1. The lowest BCUT2D eigenvalue weighted by Crippen LogP contribution is -2.24. The van der Waals surface area contributed by atoms with Crippen LogP contribution in [0.5, 0.6) is 0 Å². The number of anilines is 1. The summed E-state index contributed by atoms with van der Waals surface area (Å²) >= 11 is 0. The third-order valence-corrected chi connectivity index (χ3v) is 3.45. The average molecular weight is 311 g/mol. The largest absolute Gasteiger partial charge is 0.387 e. The van der Waals surface area contributed by atoms with Crippen molar-refractivity contribution in [2.75, 3.05) is 32.6 Å². The normalized spacial score (nSPS) is 12.0. The average Bonchev–Trinajstić information content (AvgIpc) is 2.55. The molecule has 0 aliphatic heterocycles. The summed E-state index contributed by atoms with van der Waals surface area (Å²) in [7, 11) is 5.73. The molecule has 120 valence electrons. The fraction of sp³-hybridized carbons (Fsp3) is 0.353. The van der Waals surface area contributed by atoms with E-state index in [-0.39, 0.29) is 0 Å². The number of likely N-dealkylation sites (N-methyl/N-ethyl adjacent to an activating group) is 1. The molecule has 0 aliphatic rings. The van der Waals surface area contributed by atoms with Gasteiger partial charge in [0.2, 0.25) is 5.95 Å². The SMILES string of the molecule is CN(Cc1cnc(N(C)C)nc1)CC(O)c1ccc(C#N)cc1. The number of rotatable bonds is 6. The van der Waals surface area contributed by atoms with Crippen LogP contribution in [0.4, 0.5) is 5.95 Å². The molecule has 1 atom stereocenters. The Labute approximate surface area is 136 Å². The Morgan fingerprint density at radius 1 is 1.13 bits per heavy atom. The third kappa shape index (κ3) is 4.74. The highest BCUT2D eigenvalue weighted by molar-refractivity contribution is 5.32. The van der Waals surface area contributed by atoms with E-state index in [4.69, 9.17) is 5.26 Å². The standard InChI is InChI=1S/C17H21N5O/c1-21(2)17-19-9-14(10-20-17)11-22(3)12-16(23)15-6-4-13(8-18)5-7-15/h4-7,9-10,16,23H,11-12H2,1-3H3. The van der Waals surface area contributed by atoms with Crippen molar-refractivity contribution in [2.45, 2.75) is 12.6 Å². The van der Waals surface area contributed by atoms with Crippen molar-refractivity contribution in [2.24, 2.45) is 0 Å². The van der Waals surface area contributed by atoms with E-state index in [1.807, 2.05) is 30.9 Å². The minimum Gasteiger partial charge on any atom is -0.387 e. The maximum absolute atomic E-state index is 10.3. The zero-order valence-electron chi connectivity index (χ0n) is 13.6. The van der Waals surface area contributed by atoms with E-state index in [1.165, 1.54) is 0 Å². The Bertz CT molecular complexity index is 661. The Hall–Kier alpha value is -2.49. The fourth-order valence-corrected chi connectivity index (χ4v) is 2.22. The quantitative estimate of drug-likeness (QED) is 0.873. The van der Waals surface area contributed by atoms with Gasteiger partial charge in [-0.2, -0.15) is 5.26 Å². The van der Waals surface area contributed by atoms with Crippen molar-refractivity contribution in [3.63, 3.8) is 0 Å². The molecule has 0 bridgehead atoms. The van der Waals surface area contributed by atoms with Crippen molar-refractivity contribution in [1.29, 1.82) is 5.26 Å². The van der Waals surface area contributed by atoms with E-state index < -0.39 is 6.10 Å². The van der Waals surface area contributed by atoms with Crippen LogP contribution in [0.2, 0.25) is 0 Å². The van der Waals surface area contributed by atoms with Gasteiger partial charge < -0.3 is 10.0 Å². The van der Waals surface area contributed by atoms with E-state index in [2.05, 4.69) is 16.0 Å². The van der Waals surface area contributed by atoms with Gasteiger partial charge in [0, 0.05) is 45.1 Å². The lowest BCUT2D eigenvalue weighted by atomic mass is 10.1. The first kappa shape index (κ1) is 16.9. The molecule has 1 N–H and O–H groups in total. The van der Waals surface area contributed by atoms with Gasteiger partial charge in [-0.25, -0.2) is 9.97 Å². The minimum absolute atomic E-state index is 0.487. The smallest absolute Gasteiger partial charge is 0.224 e. The van der Waals surface area contributed by atoms with Gasteiger partial charge >= 0.3 is 0 Å². The molecule has 1 aromatic carbocycles. The summed E-state index contributed by atoms with van der Waals surface area (Å²) in [5, 5.41) is 19.1. The van der Waals surface area contributed by atoms with Crippen LogP contribution >= 0.6 is 0 Å². The van der Waals surface area contributed by atoms with Crippen LogP contribution in [0, 0.1) is 11.3 Å². The first-order chi connectivity index (χ1) is 11.0. The van der Waals surface area contributed by atoms with E-state index >= 15 is 0 Å². The first-order valence-corrected chi connectivity index (χ1v) is 7.34. The molecule has 0 amide bonds. The number of nitriles is 1. The highest BCUT2D eigenvalue weighted by atomic mass is 16.3. The Kier molecular flexibility index (Phi) is 5.63. The summed E-state index contributed by atoms with van der Waals surface area (Å²) in [6.07, 6.45) is 2.99. The Balaban J connectivity index is 1.92. The zero-order chi connectivity index (χ0) is 16.8. The second kappa shape index (κ2) is 7.68. The molecule has 0 spiro atoms. The molecule has 0 aliphatic carbocycles. The first-order valence-electron chi connectivity index (χ1n) is 7.34. The molecular formula is C17H21N5O. The monoisotopic (exact) mass is 311 g/mol. The summed E-state index contributed by atoms with van der Waals surface area (Å²) in [6.45, 7) is 1.14. The number of nitrogens with zero attached hydrogens (tertiary/aromatic N) is 5. The lowest BCUT2D eigenvalue weighted by molar-refractivity contribution is 0.123. The zero-order valence-corrected chi connectivity index (χ0v) is 13.6. The molecular weight excluding hydrogens is 290 g/mol. The van der Waals surface area contributed by atoms with Crippen LogP contribution in [0.1, 0.15) is 22.8 Å². The van der Waals surface area contributed by atoms with Crippen molar-refractivity contribution >= 4 is 5.95 Å². The third-order valence-electron chi connectivity index (χ3n) is 3.45. The molecule has 0 saturated heterocycles. The van der Waals surface area contributed by atoms with Gasteiger partial charge in [-0.1, -0.05) is 12.1 Å². The topological polar surface area (TPSA) is 76.3 Å². The summed E-state index contributed by atoms with van der Waals surface area (Å²) in [5.41, 5.74) is 2.38. The summed E-state index contributed by atoms with van der Waals surface area (Å²) in [5.74, 6) is 0.675. The molecule has 0 radical (unpaired) electrons. The van der Waals surface area contributed by atoms with E-state index in [0.29, 0.717) is 24.6 Å². The minimum atomic E-state index is -0.602. The van der Waals surface area contributed by atoms with Gasteiger partial charge in [-0.3, -0.25) is 4.90 Å². The molecule has 2 rings (SSSR count). The fourth-order valence-electron chi connectivity index (χ4n) is 2.22. The van der Waals surface area contributed by atoms with Crippen molar-refractivity contribution in [3.05, 3.63) is 53.3 Å². The van der Waals surface area contributed by atoms with Crippen LogP contribution in [0.3, 0.4) is 0 Å². The summed E-state index contributed by atoms with van der Waals surface area (Å²) in [6, 6.07) is 9.07. The predicted octanol–water partition coefficient (Wildman–Crippen LogP) is 1.58. The molecule has 0 saturated carbocycles. The maximum Gasteiger partial charge on any atom is 0.224 e. The van der Waals surface area contributed by atoms with Crippen LogP contribution < -0.4 is 4.90 Å². The van der Waals surface area contributed by atoms with Gasteiger partial charge in [-0.05, 0) is 24.7 Å². The Morgan fingerprint density at radius 3 is 2.26 bits per heavy atom. The van der Waals surface area contributed by atoms with Gasteiger partial charge in [0.15, 0.2) is 0 Å². The lowest BCUT2D eigenvalue weighted by Gasteiger charge is -2.21. The van der Waals surface area contributed by atoms with Gasteiger partial charge in [-0.15, -0.1) is 0 Å². The van der Waals surface area contributed by atoms with E-state index in [1.54, 1.807) is 36.7 Å². The molecule has 0 fully saturated rings. The molecule has 23 heavy (non-hydrogen) atoms. The van der Waals surface area contributed by atoms with Crippen LogP contribution in [0.25, 0.3) is 0 Å². The van der Waals surface area contributed by atoms with Crippen molar-refractivity contribution in [3.8, 4) is 6.07 Å². The molecule has 6 heteroatoms. The summed E-state index contributed by atoms with van der Waals surface area (Å²) < 4.78 is 0. The van der Waals surface area contributed by atoms with E-state index in [0.717, 1.165) is 11.1 Å². The maximum atomic E-state index is 10.3. The highest BCUT2D eigenvalue weighted by Crippen LogP contribution is 2.15. The molecule has 1 unspecified atom stereocenters. The van der Waals surface area contributed by atoms with Gasteiger partial charge in [0.05, 0.1) is 17.7 Å². The van der Waals surface area contributed by atoms with Crippen molar-refractivity contribution in [1.82, 2.24) is 14.9 Å². The highest BCUT2D eigenvalue weighted by Gasteiger charge is 2.11. The van der Waals surface area contributed by atoms with Crippen molar-refractivity contribution < 1.29 is 5.11 Å². The summed E-state index contributed by atoms with van der Waals surface area (Å²) in [4.78, 5) is 12.4. The van der Waals surface area contributed by atoms with Crippen LogP contribution in [-0.4, -0.2) is 47.7 Å². The number of aliphatic hydroxyl groups is 1. The molecule has 2 aromatic rings. The van der Waals surface area contributed by atoms with Gasteiger partial charge in [0.25, 0.3) is 0 Å². The molecule has 1 aromatic heterocycles. The van der Waals surface area contributed by atoms with Crippen LogP contribution in [0.15, 0.2) is 36.7 Å². The number of hydrogen-bond acceptors (Lipinski definition) is 6. The van der Waals surface area contributed by atoms with Crippen LogP contribution in [-0.2, 0) is 6.54 Å². The number of aromatic nitrogens is 2. The number of aliphatic hydroxyl groups excluding tert-OH is 1.